The number of aromatic nitrogens is 1. The summed E-state index contributed by atoms with van der Waals surface area (Å²) in [5.41, 5.74) is 0. The molecule has 0 aliphatic heterocycles. The minimum absolute atomic E-state index is 0.263. The van der Waals surface area contributed by atoms with Gasteiger partial charge in [0.25, 0.3) is 0 Å². The molecule has 0 N–H and O–H groups in total. The summed E-state index contributed by atoms with van der Waals surface area (Å²) in [6.45, 7) is 0. The number of rotatable bonds is 3. The Balaban J connectivity index is 2.21. The van der Waals surface area contributed by atoms with E-state index in [1.165, 1.54) is 36.5 Å². The molecule has 0 aliphatic rings. The molecule has 2 rings (SSSR count). The van der Waals surface area contributed by atoms with Crippen molar-refractivity contribution in [2.24, 2.45) is 0 Å². The SMILES string of the molecule is O=[N+]([O-])c1ccc(Oc2ccc(F)cc2Br)cn1. The predicted molar refractivity (Wildman–Crippen MR) is 65.1 cm³/mol. The monoisotopic (exact) mass is 312 g/mol. The second kappa shape index (κ2) is 5.09. The molecular weight excluding hydrogens is 307 g/mol. The maximum Gasteiger partial charge on any atom is 0.363 e. The molecule has 7 heteroatoms. The Hall–Kier alpha value is -2.02. The van der Waals surface area contributed by atoms with Crippen LogP contribution in [0.15, 0.2) is 41.0 Å². The third-order valence-corrected chi connectivity index (χ3v) is 2.65. The van der Waals surface area contributed by atoms with E-state index in [0.29, 0.717) is 16.0 Å². The second-order valence-corrected chi connectivity index (χ2v) is 4.14. The maximum atomic E-state index is 12.9. The van der Waals surface area contributed by atoms with Gasteiger partial charge in [-0.3, -0.25) is 0 Å². The number of nitrogens with zero attached hydrogens (tertiary/aromatic N) is 2. The normalized spacial score (nSPS) is 10.1. The molecule has 1 heterocycles. The molecule has 1 aromatic carbocycles. The lowest BCUT2D eigenvalue weighted by Crippen LogP contribution is -1.92. The lowest BCUT2D eigenvalue weighted by Gasteiger charge is -2.05. The van der Waals surface area contributed by atoms with Crippen LogP contribution in [0.2, 0.25) is 0 Å². The summed E-state index contributed by atoms with van der Waals surface area (Å²) in [5.74, 6) is 0.0662. The van der Waals surface area contributed by atoms with Crippen LogP contribution in [0, 0.1) is 15.9 Å². The molecule has 0 bridgehead atoms. The molecule has 5 nitrogen and oxygen atoms in total. The first-order valence-electron chi connectivity index (χ1n) is 4.79. The van der Waals surface area contributed by atoms with Gasteiger partial charge >= 0.3 is 5.82 Å². The number of benzene rings is 1. The Bertz CT molecular complexity index is 589. The van der Waals surface area contributed by atoms with Gasteiger partial charge in [0.1, 0.15) is 11.6 Å². The number of pyridine rings is 1. The van der Waals surface area contributed by atoms with E-state index in [1.54, 1.807) is 0 Å². The van der Waals surface area contributed by atoms with Crippen molar-refractivity contribution in [3.05, 3.63) is 56.9 Å². The zero-order valence-electron chi connectivity index (χ0n) is 8.84. The highest BCUT2D eigenvalue weighted by Gasteiger charge is 2.09. The van der Waals surface area contributed by atoms with Crippen molar-refractivity contribution in [3.8, 4) is 11.5 Å². The van der Waals surface area contributed by atoms with Crippen molar-refractivity contribution in [3.63, 3.8) is 0 Å². The van der Waals surface area contributed by atoms with Gasteiger partial charge in [0.2, 0.25) is 0 Å². The van der Waals surface area contributed by atoms with Gasteiger partial charge in [0, 0.05) is 6.07 Å². The number of nitro groups is 1. The molecule has 0 spiro atoms. The van der Waals surface area contributed by atoms with E-state index in [0.717, 1.165) is 0 Å². The van der Waals surface area contributed by atoms with Crippen molar-refractivity contribution < 1.29 is 14.1 Å². The lowest BCUT2D eigenvalue weighted by atomic mass is 10.3. The first kappa shape index (κ1) is 12.4. The molecule has 0 unspecified atom stereocenters. The molecule has 0 saturated carbocycles. The topological polar surface area (TPSA) is 65.3 Å². The van der Waals surface area contributed by atoms with Crippen molar-refractivity contribution in [1.82, 2.24) is 4.98 Å². The molecule has 0 fully saturated rings. The first-order valence-corrected chi connectivity index (χ1v) is 5.59. The molecule has 2 aromatic rings. The summed E-state index contributed by atoms with van der Waals surface area (Å²) < 4.78 is 18.7. The van der Waals surface area contributed by atoms with Crippen LogP contribution >= 0.6 is 15.9 Å². The largest absolute Gasteiger partial charge is 0.452 e. The van der Waals surface area contributed by atoms with Gasteiger partial charge in [-0.05, 0) is 50.1 Å². The highest BCUT2D eigenvalue weighted by atomic mass is 79.9. The summed E-state index contributed by atoms with van der Waals surface area (Å²) in [7, 11) is 0. The summed E-state index contributed by atoms with van der Waals surface area (Å²) in [6.07, 6.45) is 1.23. The number of halogens is 2. The van der Waals surface area contributed by atoms with Crippen molar-refractivity contribution in [2.75, 3.05) is 0 Å². The summed E-state index contributed by atoms with van der Waals surface area (Å²) in [5, 5.41) is 10.4. The number of hydrogen-bond acceptors (Lipinski definition) is 4. The van der Waals surface area contributed by atoms with E-state index in [4.69, 9.17) is 4.74 Å². The highest BCUT2D eigenvalue weighted by molar-refractivity contribution is 9.10. The van der Waals surface area contributed by atoms with Crippen LogP contribution in [0.1, 0.15) is 0 Å². The Morgan fingerprint density at radius 3 is 2.67 bits per heavy atom. The standard InChI is InChI=1S/C11H6BrFN2O3/c12-9-5-7(13)1-3-10(9)18-8-2-4-11(14-6-8)15(16)17/h1-6H. The minimum Gasteiger partial charge on any atom is -0.452 e. The fraction of sp³-hybridized carbons (Fsp3) is 0. The number of ether oxygens (including phenoxy) is 1. The highest BCUT2D eigenvalue weighted by Crippen LogP contribution is 2.30. The Labute approximate surface area is 110 Å². The average Bonchev–Trinajstić information content (AvgIpc) is 2.33. The van der Waals surface area contributed by atoms with Gasteiger partial charge < -0.3 is 14.9 Å². The van der Waals surface area contributed by atoms with E-state index in [9.17, 15) is 14.5 Å². The van der Waals surface area contributed by atoms with Crippen LogP contribution in [0.3, 0.4) is 0 Å². The van der Waals surface area contributed by atoms with Crippen LogP contribution in [0.5, 0.6) is 11.5 Å². The smallest absolute Gasteiger partial charge is 0.363 e. The minimum atomic E-state index is -0.600. The molecule has 1 aromatic heterocycles. The Morgan fingerprint density at radius 1 is 1.33 bits per heavy atom. The molecule has 0 radical (unpaired) electrons. The average molecular weight is 313 g/mol. The zero-order chi connectivity index (χ0) is 13.1. The van der Waals surface area contributed by atoms with Gasteiger partial charge in [-0.2, -0.15) is 0 Å². The van der Waals surface area contributed by atoms with E-state index < -0.39 is 10.7 Å². The zero-order valence-corrected chi connectivity index (χ0v) is 10.4. The van der Waals surface area contributed by atoms with Gasteiger partial charge in [0.05, 0.1) is 4.47 Å². The van der Waals surface area contributed by atoms with E-state index in [-0.39, 0.29) is 5.82 Å². The Morgan fingerprint density at radius 2 is 2.11 bits per heavy atom. The molecule has 0 saturated heterocycles. The first-order chi connectivity index (χ1) is 8.56. The fourth-order valence-corrected chi connectivity index (χ4v) is 1.66. The second-order valence-electron chi connectivity index (χ2n) is 3.29. The summed E-state index contributed by atoms with van der Waals surface area (Å²) in [6, 6.07) is 6.60. The predicted octanol–water partition coefficient (Wildman–Crippen LogP) is 3.68. The van der Waals surface area contributed by atoms with Gasteiger partial charge in [-0.25, -0.2) is 4.39 Å². The molecule has 0 amide bonds. The van der Waals surface area contributed by atoms with Crippen molar-refractivity contribution in [1.29, 1.82) is 0 Å². The molecule has 92 valence electrons. The van der Waals surface area contributed by atoms with Crippen LogP contribution in [-0.4, -0.2) is 9.91 Å². The number of hydrogen-bond donors (Lipinski definition) is 0. The maximum absolute atomic E-state index is 12.9. The van der Waals surface area contributed by atoms with Crippen LogP contribution < -0.4 is 4.74 Å². The van der Waals surface area contributed by atoms with Crippen LogP contribution in [0.4, 0.5) is 10.2 Å². The van der Waals surface area contributed by atoms with Crippen molar-refractivity contribution in [2.45, 2.75) is 0 Å². The van der Waals surface area contributed by atoms with Gasteiger partial charge in [-0.15, -0.1) is 0 Å². The van der Waals surface area contributed by atoms with Crippen LogP contribution in [0.25, 0.3) is 0 Å². The summed E-state index contributed by atoms with van der Waals surface area (Å²) >= 11 is 3.15. The third-order valence-electron chi connectivity index (χ3n) is 2.03. The van der Waals surface area contributed by atoms with E-state index >= 15 is 0 Å². The Kier molecular flexibility index (Phi) is 3.52. The summed E-state index contributed by atoms with van der Waals surface area (Å²) in [4.78, 5) is 13.4. The molecule has 0 atom stereocenters. The lowest BCUT2D eigenvalue weighted by molar-refractivity contribution is -0.389. The third kappa shape index (κ3) is 2.80. The van der Waals surface area contributed by atoms with E-state index in [1.807, 2.05) is 0 Å². The molecule has 18 heavy (non-hydrogen) atoms. The molecular formula is C11H6BrFN2O3. The van der Waals surface area contributed by atoms with Crippen molar-refractivity contribution >= 4 is 21.7 Å². The quantitative estimate of drug-likeness (QED) is 0.640. The molecule has 0 aliphatic carbocycles. The van der Waals surface area contributed by atoms with E-state index in [2.05, 4.69) is 20.9 Å². The van der Waals surface area contributed by atoms with Crippen LogP contribution in [-0.2, 0) is 0 Å². The fourth-order valence-electron chi connectivity index (χ4n) is 1.23. The van der Waals surface area contributed by atoms with Gasteiger partial charge in [-0.1, -0.05) is 0 Å². The van der Waals surface area contributed by atoms with Gasteiger partial charge in [0.15, 0.2) is 11.9 Å².